The lowest BCUT2D eigenvalue weighted by Crippen LogP contribution is -2.48. The van der Waals surface area contributed by atoms with Crippen molar-refractivity contribution >= 4 is 33.2 Å². The Kier molecular flexibility index (Phi) is 7.18. The van der Waals surface area contributed by atoms with Crippen molar-refractivity contribution in [1.82, 2.24) is 4.90 Å². The molecule has 0 radical (unpaired) electrons. The fourth-order valence-electron chi connectivity index (χ4n) is 1.73. The predicted molar refractivity (Wildman–Crippen MR) is 73.7 cm³/mol. The Morgan fingerprint density at radius 2 is 2.24 bits per heavy atom. The summed E-state index contributed by atoms with van der Waals surface area (Å²) in [5.74, 6) is 2.35. The number of thioether (sulfide) groups is 1. The molecule has 1 aliphatic rings. The summed E-state index contributed by atoms with van der Waals surface area (Å²) < 4.78 is 29.2. The first-order chi connectivity index (χ1) is 8.11. The van der Waals surface area contributed by atoms with E-state index in [0.29, 0.717) is 31.4 Å². The summed E-state index contributed by atoms with van der Waals surface area (Å²) in [5, 5.41) is -0.342. The topological polar surface area (TPSA) is 46.6 Å². The Morgan fingerprint density at radius 1 is 1.47 bits per heavy atom. The van der Waals surface area contributed by atoms with Crippen molar-refractivity contribution in [3.05, 3.63) is 0 Å². The predicted octanol–water partition coefficient (Wildman–Crippen LogP) is 1.05. The van der Waals surface area contributed by atoms with Crippen LogP contribution in [0.3, 0.4) is 0 Å². The maximum atomic E-state index is 11.9. The van der Waals surface area contributed by atoms with Gasteiger partial charge in [0, 0.05) is 36.2 Å². The van der Waals surface area contributed by atoms with Crippen molar-refractivity contribution in [1.29, 1.82) is 0 Å². The summed E-state index contributed by atoms with van der Waals surface area (Å²) in [6.45, 7) is 4.26. The van der Waals surface area contributed by atoms with E-state index >= 15 is 0 Å². The first-order valence-corrected chi connectivity index (χ1v) is 9.19. The van der Waals surface area contributed by atoms with Crippen LogP contribution in [0.25, 0.3) is 0 Å². The van der Waals surface area contributed by atoms with E-state index in [2.05, 4.69) is 0 Å². The second-order valence-electron chi connectivity index (χ2n) is 3.82. The molecule has 1 heterocycles. The Balaban J connectivity index is 2.49. The number of ether oxygens (including phenoxy) is 1. The van der Waals surface area contributed by atoms with Gasteiger partial charge in [0.25, 0.3) is 0 Å². The van der Waals surface area contributed by atoms with E-state index < -0.39 is 9.84 Å². The lowest BCUT2D eigenvalue weighted by Gasteiger charge is -2.34. The van der Waals surface area contributed by atoms with Crippen molar-refractivity contribution in [2.24, 2.45) is 0 Å². The molecule has 0 aliphatic carbocycles. The van der Waals surface area contributed by atoms with Gasteiger partial charge in [-0.2, -0.15) is 11.8 Å². The van der Waals surface area contributed by atoms with Crippen LogP contribution in [-0.4, -0.2) is 68.1 Å². The highest BCUT2D eigenvalue weighted by molar-refractivity contribution is 8.01. The lowest BCUT2D eigenvalue weighted by atomic mass is 10.4. The number of sulfone groups is 1. The Bertz CT molecular complexity index is 311. The van der Waals surface area contributed by atoms with Crippen molar-refractivity contribution in [3.8, 4) is 0 Å². The van der Waals surface area contributed by atoms with Crippen molar-refractivity contribution in [2.75, 3.05) is 49.4 Å². The van der Waals surface area contributed by atoms with Crippen LogP contribution in [0, 0.1) is 0 Å². The molecule has 1 aliphatic heterocycles. The third-order valence-corrected chi connectivity index (χ3v) is 6.24. The summed E-state index contributed by atoms with van der Waals surface area (Å²) in [5.41, 5.74) is 0. The van der Waals surface area contributed by atoms with E-state index in [4.69, 9.17) is 16.3 Å². The van der Waals surface area contributed by atoms with Gasteiger partial charge >= 0.3 is 0 Å². The van der Waals surface area contributed by atoms with E-state index in [9.17, 15) is 8.42 Å². The zero-order chi connectivity index (χ0) is 12.7. The molecule has 4 nitrogen and oxygen atoms in total. The number of hydrogen-bond donors (Lipinski definition) is 0. The van der Waals surface area contributed by atoms with Crippen LogP contribution < -0.4 is 0 Å². The molecule has 0 saturated carbocycles. The van der Waals surface area contributed by atoms with Gasteiger partial charge in [-0.25, -0.2) is 8.42 Å². The highest BCUT2D eigenvalue weighted by atomic mass is 35.5. The van der Waals surface area contributed by atoms with Crippen LogP contribution in [0.4, 0.5) is 0 Å². The average molecular weight is 302 g/mol. The highest BCUT2D eigenvalue weighted by Gasteiger charge is 2.32. The number of hydrogen-bond acceptors (Lipinski definition) is 5. The first kappa shape index (κ1) is 15.6. The summed E-state index contributed by atoms with van der Waals surface area (Å²) in [7, 11) is -2.99. The molecule has 0 N–H and O–H groups in total. The Morgan fingerprint density at radius 3 is 2.88 bits per heavy atom. The van der Waals surface area contributed by atoms with E-state index in [1.54, 1.807) is 18.7 Å². The van der Waals surface area contributed by atoms with Crippen LogP contribution in [0.15, 0.2) is 0 Å². The summed E-state index contributed by atoms with van der Waals surface area (Å²) in [6, 6.07) is 0. The quantitative estimate of drug-likeness (QED) is 0.520. The number of alkyl halides is 1. The summed E-state index contributed by atoms with van der Waals surface area (Å²) in [4.78, 5) is 2.02. The van der Waals surface area contributed by atoms with E-state index in [-0.39, 0.29) is 11.1 Å². The molecular weight excluding hydrogens is 282 g/mol. The standard InChI is InChI=1S/C10H20ClNO3S2/c1-2-17(13,14)10-9-16-8-5-12(10)4-7-15-6-3-11/h10H,2-9H2,1H3. The molecule has 7 heteroatoms. The van der Waals surface area contributed by atoms with Gasteiger partial charge in [0.1, 0.15) is 5.37 Å². The smallest absolute Gasteiger partial charge is 0.166 e. The fraction of sp³-hybridized carbons (Fsp3) is 1.00. The van der Waals surface area contributed by atoms with Crippen LogP contribution in [0.5, 0.6) is 0 Å². The zero-order valence-corrected chi connectivity index (χ0v) is 12.5. The minimum Gasteiger partial charge on any atom is -0.379 e. The van der Waals surface area contributed by atoms with Gasteiger partial charge in [-0.3, -0.25) is 4.90 Å². The molecule has 0 aromatic heterocycles. The maximum absolute atomic E-state index is 11.9. The SMILES string of the molecule is CCS(=O)(=O)C1CSCCN1CCOCCCl. The van der Waals surface area contributed by atoms with E-state index in [0.717, 1.165) is 12.3 Å². The second kappa shape index (κ2) is 7.84. The van der Waals surface area contributed by atoms with E-state index in [1.807, 2.05) is 4.90 Å². The van der Waals surface area contributed by atoms with Gasteiger partial charge in [0.15, 0.2) is 9.84 Å². The number of halogens is 1. The van der Waals surface area contributed by atoms with Crippen LogP contribution in [-0.2, 0) is 14.6 Å². The van der Waals surface area contributed by atoms with Gasteiger partial charge in [0.05, 0.1) is 13.2 Å². The minimum absolute atomic E-state index is 0.206. The molecule has 102 valence electrons. The molecule has 1 unspecified atom stereocenters. The fourth-order valence-corrected chi connectivity index (χ4v) is 4.95. The summed E-state index contributed by atoms with van der Waals surface area (Å²) >= 11 is 7.22. The normalized spacial score (nSPS) is 22.8. The lowest BCUT2D eigenvalue weighted by molar-refractivity contribution is 0.113. The van der Waals surface area contributed by atoms with Crippen molar-refractivity contribution < 1.29 is 13.2 Å². The van der Waals surface area contributed by atoms with Crippen molar-refractivity contribution in [3.63, 3.8) is 0 Å². The van der Waals surface area contributed by atoms with Gasteiger partial charge in [-0.15, -0.1) is 11.6 Å². The molecule has 1 saturated heterocycles. The maximum Gasteiger partial charge on any atom is 0.166 e. The molecule has 0 amide bonds. The average Bonchev–Trinajstić information content (AvgIpc) is 2.35. The van der Waals surface area contributed by atoms with Crippen LogP contribution >= 0.6 is 23.4 Å². The zero-order valence-electron chi connectivity index (χ0n) is 10.1. The molecule has 0 aromatic carbocycles. The van der Waals surface area contributed by atoms with Gasteiger partial charge < -0.3 is 4.74 Å². The molecular formula is C10H20ClNO3S2. The van der Waals surface area contributed by atoms with Gasteiger partial charge in [-0.05, 0) is 0 Å². The third-order valence-electron chi connectivity index (χ3n) is 2.75. The van der Waals surface area contributed by atoms with Crippen LogP contribution in [0.1, 0.15) is 6.92 Å². The number of rotatable bonds is 7. The molecule has 0 bridgehead atoms. The van der Waals surface area contributed by atoms with Gasteiger partial charge in [0.2, 0.25) is 0 Å². The molecule has 1 atom stereocenters. The Labute approximate surface area is 113 Å². The highest BCUT2D eigenvalue weighted by Crippen LogP contribution is 2.20. The molecule has 0 aromatic rings. The number of nitrogens with zero attached hydrogens (tertiary/aromatic N) is 1. The monoisotopic (exact) mass is 301 g/mol. The van der Waals surface area contributed by atoms with Crippen LogP contribution in [0.2, 0.25) is 0 Å². The summed E-state index contributed by atoms with van der Waals surface area (Å²) in [6.07, 6.45) is 0. The molecule has 1 fully saturated rings. The Hall–Kier alpha value is 0.510. The molecule has 0 spiro atoms. The largest absolute Gasteiger partial charge is 0.379 e. The van der Waals surface area contributed by atoms with Crippen molar-refractivity contribution in [2.45, 2.75) is 12.3 Å². The minimum atomic E-state index is -2.99. The van der Waals surface area contributed by atoms with E-state index in [1.165, 1.54) is 0 Å². The second-order valence-corrected chi connectivity index (χ2v) is 7.79. The molecule has 1 rings (SSSR count). The molecule has 17 heavy (non-hydrogen) atoms. The third kappa shape index (κ3) is 4.95. The van der Waals surface area contributed by atoms with Gasteiger partial charge in [-0.1, -0.05) is 6.92 Å². The first-order valence-electron chi connectivity index (χ1n) is 5.79.